The lowest BCUT2D eigenvalue weighted by molar-refractivity contribution is 0.342. The zero-order valence-corrected chi connectivity index (χ0v) is 12.8. The van der Waals surface area contributed by atoms with Gasteiger partial charge in [0.2, 0.25) is 0 Å². The van der Waals surface area contributed by atoms with Gasteiger partial charge in [0.1, 0.15) is 5.75 Å². The molecule has 0 spiro atoms. The van der Waals surface area contributed by atoms with Gasteiger partial charge in [-0.15, -0.1) is 0 Å². The highest BCUT2D eigenvalue weighted by Crippen LogP contribution is 2.27. The number of anilines is 2. The second-order valence-electron chi connectivity index (χ2n) is 5.97. The summed E-state index contributed by atoms with van der Waals surface area (Å²) in [4.78, 5) is 0. The third-order valence-corrected chi connectivity index (χ3v) is 3.39. The van der Waals surface area contributed by atoms with Crippen LogP contribution in [0.2, 0.25) is 0 Å². The molecule has 1 rings (SSSR count). The molecular weight excluding hydrogens is 236 g/mol. The first-order valence-electron chi connectivity index (χ1n) is 7.15. The molecule has 0 heterocycles. The Morgan fingerprint density at radius 2 is 1.95 bits per heavy atom. The van der Waals surface area contributed by atoms with E-state index >= 15 is 0 Å². The molecule has 0 amide bonds. The van der Waals surface area contributed by atoms with Gasteiger partial charge < -0.3 is 15.8 Å². The second-order valence-corrected chi connectivity index (χ2v) is 5.97. The summed E-state index contributed by atoms with van der Waals surface area (Å²) in [6.45, 7) is 7.80. The number of hydrogen-bond acceptors (Lipinski definition) is 3. The van der Waals surface area contributed by atoms with Gasteiger partial charge >= 0.3 is 0 Å². The number of ether oxygens (including phenoxy) is 1. The van der Waals surface area contributed by atoms with Gasteiger partial charge in [0.25, 0.3) is 0 Å². The van der Waals surface area contributed by atoms with E-state index in [9.17, 15) is 0 Å². The molecule has 0 fully saturated rings. The summed E-state index contributed by atoms with van der Waals surface area (Å²) in [5.41, 5.74) is 7.91. The van der Waals surface area contributed by atoms with Crippen molar-refractivity contribution >= 4 is 11.4 Å². The summed E-state index contributed by atoms with van der Waals surface area (Å²) in [5.74, 6) is 0.797. The summed E-state index contributed by atoms with van der Waals surface area (Å²) in [7, 11) is 1.66. The van der Waals surface area contributed by atoms with E-state index in [1.54, 1.807) is 7.11 Å². The number of nitrogen functional groups attached to an aromatic ring is 1. The Morgan fingerprint density at radius 1 is 1.21 bits per heavy atom. The number of benzene rings is 1. The Hall–Kier alpha value is -1.38. The van der Waals surface area contributed by atoms with Crippen molar-refractivity contribution < 1.29 is 4.74 Å². The van der Waals surface area contributed by atoms with E-state index in [2.05, 4.69) is 26.1 Å². The molecule has 108 valence electrons. The molecule has 19 heavy (non-hydrogen) atoms. The molecule has 0 saturated heterocycles. The molecule has 0 aliphatic rings. The van der Waals surface area contributed by atoms with Gasteiger partial charge in [-0.25, -0.2) is 0 Å². The van der Waals surface area contributed by atoms with Crippen LogP contribution in [0, 0.1) is 5.41 Å². The van der Waals surface area contributed by atoms with Gasteiger partial charge in [-0.1, -0.05) is 40.0 Å². The summed E-state index contributed by atoms with van der Waals surface area (Å²) < 4.78 is 5.23. The second kappa shape index (κ2) is 7.27. The van der Waals surface area contributed by atoms with Crippen molar-refractivity contribution in [2.45, 2.75) is 46.5 Å². The van der Waals surface area contributed by atoms with Crippen LogP contribution in [-0.2, 0) is 0 Å². The van der Waals surface area contributed by atoms with Crippen LogP contribution < -0.4 is 15.8 Å². The highest BCUT2D eigenvalue weighted by molar-refractivity contribution is 5.59. The van der Waals surface area contributed by atoms with Crippen LogP contribution in [0.4, 0.5) is 11.4 Å². The topological polar surface area (TPSA) is 47.3 Å². The van der Waals surface area contributed by atoms with Crippen molar-refractivity contribution in [1.29, 1.82) is 0 Å². The number of nitrogens with two attached hydrogens (primary N) is 1. The fourth-order valence-electron chi connectivity index (χ4n) is 2.13. The predicted molar refractivity (Wildman–Crippen MR) is 83.8 cm³/mol. The van der Waals surface area contributed by atoms with Crippen LogP contribution in [0.25, 0.3) is 0 Å². The SMILES string of the molecule is CCCCCC(C)(C)CNc1cc(N)cc(OC)c1. The molecule has 3 N–H and O–H groups in total. The van der Waals surface area contributed by atoms with Gasteiger partial charge in [0.05, 0.1) is 7.11 Å². The Kier molecular flexibility index (Phi) is 6.00. The summed E-state index contributed by atoms with van der Waals surface area (Å²) in [6.07, 6.45) is 5.13. The molecule has 3 nitrogen and oxygen atoms in total. The van der Waals surface area contributed by atoms with Crippen LogP contribution in [0.5, 0.6) is 5.75 Å². The van der Waals surface area contributed by atoms with Crippen molar-refractivity contribution in [3.63, 3.8) is 0 Å². The first-order valence-corrected chi connectivity index (χ1v) is 7.15. The lowest BCUT2D eigenvalue weighted by Gasteiger charge is -2.25. The molecular formula is C16H28N2O. The Bertz CT molecular complexity index is 388. The quantitative estimate of drug-likeness (QED) is 0.543. The third kappa shape index (κ3) is 5.86. The molecule has 0 aromatic heterocycles. The Labute approximate surface area is 117 Å². The third-order valence-electron chi connectivity index (χ3n) is 3.39. The molecule has 0 aliphatic carbocycles. The normalized spacial score (nSPS) is 11.4. The molecule has 1 aromatic rings. The Balaban J connectivity index is 2.53. The van der Waals surface area contributed by atoms with E-state index in [0.717, 1.165) is 23.7 Å². The van der Waals surface area contributed by atoms with Crippen molar-refractivity contribution in [1.82, 2.24) is 0 Å². The van der Waals surface area contributed by atoms with E-state index in [4.69, 9.17) is 10.5 Å². The minimum Gasteiger partial charge on any atom is -0.497 e. The zero-order valence-electron chi connectivity index (χ0n) is 12.8. The van der Waals surface area contributed by atoms with Crippen LogP contribution in [0.1, 0.15) is 46.5 Å². The highest BCUT2D eigenvalue weighted by Gasteiger charge is 2.17. The summed E-state index contributed by atoms with van der Waals surface area (Å²) >= 11 is 0. The van der Waals surface area contributed by atoms with Crippen LogP contribution in [0.15, 0.2) is 18.2 Å². The number of rotatable bonds is 8. The maximum Gasteiger partial charge on any atom is 0.122 e. The van der Waals surface area contributed by atoms with Gasteiger partial charge in [0, 0.05) is 30.1 Å². The standard InChI is InChI=1S/C16H28N2O/c1-5-6-7-8-16(2,3)12-18-14-9-13(17)10-15(11-14)19-4/h9-11,18H,5-8,12,17H2,1-4H3. The monoisotopic (exact) mass is 264 g/mol. The smallest absolute Gasteiger partial charge is 0.122 e. The highest BCUT2D eigenvalue weighted by atomic mass is 16.5. The minimum absolute atomic E-state index is 0.299. The van der Waals surface area contributed by atoms with E-state index in [1.165, 1.54) is 25.7 Å². The molecule has 0 unspecified atom stereocenters. The predicted octanol–water partition coefficient (Wildman–Crippen LogP) is 4.30. The molecule has 0 aliphatic heterocycles. The van der Waals surface area contributed by atoms with Crippen molar-refractivity contribution in [3.05, 3.63) is 18.2 Å². The van der Waals surface area contributed by atoms with E-state index < -0.39 is 0 Å². The molecule has 0 atom stereocenters. The van der Waals surface area contributed by atoms with Crippen LogP contribution in [-0.4, -0.2) is 13.7 Å². The maximum atomic E-state index is 5.85. The van der Waals surface area contributed by atoms with Gasteiger partial charge in [-0.3, -0.25) is 0 Å². The van der Waals surface area contributed by atoms with Crippen molar-refractivity contribution in [2.75, 3.05) is 24.7 Å². The molecule has 0 saturated carbocycles. The molecule has 0 radical (unpaired) electrons. The first-order chi connectivity index (χ1) is 8.96. The minimum atomic E-state index is 0.299. The molecule has 3 heteroatoms. The summed E-state index contributed by atoms with van der Waals surface area (Å²) in [5, 5.41) is 3.47. The fraction of sp³-hybridized carbons (Fsp3) is 0.625. The Morgan fingerprint density at radius 3 is 2.58 bits per heavy atom. The van der Waals surface area contributed by atoms with Gasteiger partial charge in [-0.2, -0.15) is 0 Å². The summed E-state index contributed by atoms with van der Waals surface area (Å²) in [6, 6.07) is 5.76. The average Bonchev–Trinajstić information content (AvgIpc) is 2.36. The van der Waals surface area contributed by atoms with Crippen molar-refractivity contribution in [2.24, 2.45) is 5.41 Å². The zero-order chi connectivity index (χ0) is 14.3. The maximum absolute atomic E-state index is 5.85. The number of nitrogens with one attached hydrogen (secondary N) is 1. The van der Waals surface area contributed by atoms with Crippen molar-refractivity contribution in [3.8, 4) is 5.75 Å². The van der Waals surface area contributed by atoms with Gasteiger partial charge in [-0.05, 0) is 17.9 Å². The van der Waals surface area contributed by atoms with Crippen LogP contribution in [0.3, 0.4) is 0 Å². The lowest BCUT2D eigenvalue weighted by atomic mass is 9.87. The van der Waals surface area contributed by atoms with E-state index in [0.29, 0.717) is 5.41 Å². The lowest BCUT2D eigenvalue weighted by Crippen LogP contribution is -2.23. The molecule has 0 bridgehead atoms. The van der Waals surface area contributed by atoms with Crippen LogP contribution >= 0.6 is 0 Å². The van der Waals surface area contributed by atoms with Gasteiger partial charge in [0.15, 0.2) is 0 Å². The number of methoxy groups -OCH3 is 1. The number of unbranched alkanes of at least 4 members (excludes halogenated alkanes) is 2. The fourth-order valence-corrected chi connectivity index (χ4v) is 2.13. The van der Waals surface area contributed by atoms with E-state index in [-0.39, 0.29) is 0 Å². The van der Waals surface area contributed by atoms with E-state index in [1.807, 2.05) is 18.2 Å². The number of hydrogen-bond donors (Lipinski definition) is 2. The first kappa shape index (κ1) is 15.7. The molecule has 1 aromatic carbocycles. The largest absolute Gasteiger partial charge is 0.497 e. The average molecular weight is 264 g/mol.